The standard InChI is InChI=1S/C17H36N3/c1-16(2)19-11-4-9-18-10-5-12-20-13-6-17(3,7-14-20)8-15-20/h16,18-19H,4-15H2,1-3H3/q+1/p+2. The van der Waals surface area contributed by atoms with Gasteiger partial charge >= 0.3 is 0 Å². The van der Waals surface area contributed by atoms with Crippen LogP contribution in [0.3, 0.4) is 0 Å². The molecule has 0 amide bonds. The van der Waals surface area contributed by atoms with E-state index >= 15 is 0 Å². The molecule has 3 rings (SSSR count). The topological polar surface area (TPSA) is 33.2 Å². The molecule has 0 spiro atoms. The normalized spacial score (nSPS) is 33.0. The largest absolute Gasteiger partial charge is 0.346 e. The Morgan fingerprint density at radius 3 is 2.15 bits per heavy atom. The monoisotopic (exact) mass is 284 g/mol. The minimum atomic E-state index is 0.721. The molecule has 0 saturated carbocycles. The summed E-state index contributed by atoms with van der Waals surface area (Å²) in [7, 11) is 0. The molecule has 3 saturated heterocycles. The average Bonchev–Trinajstić information content (AvgIpc) is 2.43. The summed E-state index contributed by atoms with van der Waals surface area (Å²) in [5.41, 5.74) is 0.721. The molecule has 0 aromatic carbocycles. The van der Waals surface area contributed by atoms with Crippen molar-refractivity contribution in [1.82, 2.24) is 0 Å². The zero-order valence-electron chi connectivity index (χ0n) is 14.2. The Morgan fingerprint density at radius 1 is 0.950 bits per heavy atom. The third-order valence-electron chi connectivity index (χ3n) is 5.86. The summed E-state index contributed by atoms with van der Waals surface area (Å²) in [6.07, 6.45) is 7.24. The molecule has 118 valence electrons. The van der Waals surface area contributed by atoms with Crippen molar-refractivity contribution in [2.24, 2.45) is 5.41 Å². The maximum Gasteiger partial charge on any atom is 0.0841 e. The summed E-state index contributed by atoms with van der Waals surface area (Å²) in [6, 6.07) is 0.759. The highest BCUT2D eigenvalue weighted by molar-refractivity contribution is 4.82. The number of rotatable bonds is 9. The molecule has 3 heterocycles. The number of nitrogens with two attached hydrogens (primary N) is 2. The molecular formula is C17H38N3+3. The second-order valence-electron chi connectivity index (χ2n) is 8.14. The molecule has 4 N–H and O–H groups in total. The predicted octanol–water partition coefficient (Wildman–Crippen LogP) is 0.322. The van der Waals surface area contributed by atoms with Crippen LogP contribution in [0.4, 0.5) is 0 Å². The first-order chi connectivity index (χ1) is 9.54. The van der Waals surface area contributed by atoms with Crippen LogP contribution in [0, 0.1) is 5.41 Å². The van der Waals surface area contributed by atoms with Crippen LogP contribution < -0.4 is 10.6 Å². The number of hydrogen-bond acceptors (Lipinski definition) is 0. The van der Waals surface area contributed by atoms with Gasteiger partial charge in [0, 0.05) is 32.1 Å². The van der Waals surface area contributed by atoms with Crippen LogP contribution in [-0.4, -0.2) is 56.3 Å². The lowest BCUT2D eigenvalue weighted by atomic mass is 9.72. The van der Waals surface area contributed by atoms with Crippen LogP contribution in [0.15, 0.2) is 0 Å². The van der Waals surface area contributed by atoms with Gasteiger partial charge in [-0.15, -0.1) is 0 Å². The highest BCUT2D eigenvalue weighted by Gasteiger charge is 2.45. The van der Waals surface area contributed by atoms with E-state index in [9.17, 15) is 0 Å². The van der Waals surface area contributed by atoms with Gasteiger partial charge in [-0.2, -0.15) is 0 Å². The van der Waals surface area contributed by atoms with Gasteiger partial charge < -0.3 is 15.1 Å². The number of piperidine rings is 3. The minimum absolute atomic E-state index is 0.721. The Kier molecular flexibility index (Phi) is 5.88. The molecule has 3 fully saturated rings. The van der Waals surface area contributed by atoms with E-state index in [1.807, 2.05) is 0 Å². The van der Waals surface area contributed by atoms with Crippen LogP contribution in [0.1, 0.15) is 52.9 Å². The van der Waals surface area contributed by atoms with Crippen LogP contribution in [0.5, 0.6) is 0 Å². The Morgan fingerprint density at radius 2 is 1.55 bits per heavy atom. The molecule has 0 radical (unpaired) electrons. The summed E-state index contributed by atoms with van der Waals surface area (Å²) >= 11 is 0. The summed E-state index contributed by atoms with van der Waals surface area (Å²) in [5, 5.41) is 5.00. The number of fused-ring (bicyclic) bond motifs is 3. The van der Waals surface area contributed by atoms with E-state index in [0.717, 1.165) is 11.5 Å². The van der Waals surface area contributed by atoms with Crippen molar-refractivity contribution in [2.45, 2.75) is 58.9 Å². The SMILES string of the molecule is CC(C)[NH2+]CCC[NH2+]CCC[N+]12CCC(C)(CC1)CC2. The Hall–Kier alpha value is -0.120. The third-order valence-corrected chi connectivity index (χ3v) is 5.86. The van der Waals surface area contributed by atoms with E-state index in [0.29, 0.717) is 0 Å². The van der Waals surface area contributed by atoms with Crippen molar-refractivity contribution in [3.8, 4) is 0 Å². The van der Waals surface area contributed by atoms with Gasteiger partial charge in [-0.3, -0.25) is 0 Å². The van der Waals surface area contributed by atoms with E-state index in [1.54, 1.807) is 0 Å². The first-order valence-corrected chi connectivity index (χ1v) is 9.04. The van der Waals surface area contributed by atoms with Crippen LogP contribution in [0.2, 0.25) is 0 Å². The van der Waals surface area contributed by atoms with Gasteiger partial charge in [0.2, 0.25) is 0 Å². The molecule has 3 nitrogen and oxygen atoms in total. The Labute approximate surface area is 126 Å². The van der Waals surface area contributed by atoms with Gasteiger partial charge in [0.15, 0.2) is 0 Å². The third kappa shape index (κ3) is 4.71. The zero-order chi connectivity index (χ0) is 14.5. The molecular weight excluding hydrogens is 246 g/mol. The van der Waals surface area contributed by atoms with Crippen molar-refractivity contribution in [2.75, 3.05) is 45.8 Å². The molecule has 0 aliphatic carbocycles. The molecule has 3 heteroatoms. The fraction of sp³-hybridized carbons (Fsp3) is 1.00. The number of hydrogen-bond donors (Lipinski definition) is 2. The minimum Gasteiger partial charge on any atom is -0.346 e. The average molecular weight is 285 g/mol. The lowest BCUT2D eigenvalue weighted by Crippen LogP contribution is -2.91. The summed E-state index contributed by atoms with van der Waals surface area (Å²) in [5.74, 6) is 0. The lowest BCUT2D eigenvalue weighted by molar-refractivity contribution is -0.946. The smallest absolute Gasteiger partial charge is 0.0841 e. The molecule has 0 aromatic rings. The fourth-order valence-electron chi connectivity index (χ4n) is 4.00. The fourth-order valence-corrected chi connectivity index (χ4v) is 4.00. The van der Waals surface area contributed by atoms with Crippen molar-refractivity contribution < 1.29 is 15.1 Å². The first-order valence-electron chi connectivity index (χ1n) is 9.04. The molecule has 0 unspecified atom stereocenters. The van der Waals surface area contributed by atoms with E-state index in [1.165, 1.54) is 82.4 Å². The van der Waals surface area contributed by atoms with Crippen LogP contribution in [-0.2, 0) is 0 Å². The van der Waals surface area contributed by atoms with Gasteiger partial charge in [0.25, 0.3) is 0 Å². The molecule has 0 aromatic heterocycles. The lowest BCUT2D eigenvalue weighted by Gasteiger charge is -2.53. The van der Waals surface area contributed by atoms with E-state index in [2.05, 4.69) is 31.4 Å². The van der Waals surface area contributed by atoms with Gasteiger partial charge in [-0.1, -0.05) is 6.92 Å². The first kappa shape index (κ1) is 16.3. The van der Waals surface area contributed by atoms with E-state index in [4.69, 9.17) is 0 Å². The molecule has 0 atom stereocenters. The van der Waals surface area contributed by atoms with Gasteiger partial charge in [0.1, 0.15) is 0 Å². The summed E-state index contributed by atoms with van der Waals surface area (Å²) < 4.78 is 1.46. The second-order valence-corrected chi connectivity index (χ2v) is 8.14. The Balaban J connectivity index is 1.49. The molecule has 3 aliphatic rings. The predicted molar refractivity (Wildman–Crippen MR) is 84.5 cm³/mol. The summed E-state index contributed by atoms with van der Waals surface area (Å²) in [4.78, 5) is 0. The van der Waals surface area contributed by atoms with Crippen molar-refractivity contribution in [3.05, 3.63) is 0 Å². The second kappa shape index (κ2) is 7.24. The number of quaternary nitrogens is 3. The molecule has 3 aliphatic heterocycles. The Bertz CT molecular complexity index is 263. The van der Waals surface area contributed by atoms with E-state index < -0.39 is 0 Å². The zero-order valence-corrected chi connectivity index (χ0v) is 14.2. The summed E-state index contributed by atoms with van der Waals surface area (Å²) in [6.45, 7) is 16.9. The highest BCUT2D eigenvalue weighted by Crippen LogP contribution is 2.43. The van der Waals surface area contributed by atoms with Gasteiger partial charge in [0.05, 0.1) is 51.9 Å². The van der Waals surface area contributed by atoms with Crippen molar-refractivity contribution >= 4 is 0 Å². The van der Waals surface area contributed by atoms with Crippen LogP contribution >= 0.6 is 0 Å². The van der Waals surface area contributed by atoms with Crippen LogP contribution in [0.25, 0.3) is 0 Å². The maximum absolute atomic E-state index is 2.55. The van der Waals surface area contributed by atoms with E-state index in [-0.39, 0.29) is 0 Å². The molecule has 20 heavy (non-hydrogen) atoms. The van der Waals surface area contributed by atoms with Crippen molar-refractivity contribution in [1.29, 1.82) is 0 Å². The van der Waals surface area contributed by atoms with Crippen molar-refractivity contribution in [3.63, 3.8) is 0 Å². The quantitative estimate of drug-likeness (QED) is 0.452. The van der Waals surface area contributed by atoms with Gasteiger partial charge in [-0.05, 0) is 19.3 Å². The molecule has 2 bridgehead atoms. The van der Waals surface area contributed by atoms with Gasteiger partial charge in [-0.25, -0.2) is 0 Å². The number of nitrogens with zero attached hydrogens (tertiary/aromatic N) is 1. The highest BCUT2D eigenvalue weighted by atomic mass is 15.4. The maximum atomic E-state index is 2.55.